The highest BCUT2D eigenvalue weighted by Crippen LogP contribution is 2.12. The summed E-state index contributed by atoms with van der Waals surface area (Å²) in [5.74, 6) is -0.854. The largest absolute Gasteiger partial charge is 0.481 e. The predicted octanol–water partition coefficient (Wildman–Crippen LogP) is -0.645. The van der Waals surface area contributed by atoms with Crippen LogP contribution in [0, 0.1) is 5.41 Å². The molecule has 0 saturated carbocycles. The Bertz CT molecular complexity index is 216. The van der Waals surface area contributed by atoms with E-state index in [9.17, 15) is 9.59 Å². The number of rotatable bonds is 6. The normalized spacial score (nSPS) is 11.0. The summed E-state index contributed by atoms with van der Waals surface area (Å²) in [5, 5.41) is 14.1. The van der Waals surface area contributed by atoms with Crippen LogP contribution in [0.2, 0.25) is 0 Å². The number of hydrogen-bond donors (Lipinski definition) is 4. The average molecular weight is 203 g/mol. The molecule has 0 rings (SSSR count). The lowest BCUT2D eigenvalue weighted by Gasteiger charge is -2.19. The van der Waals surface area contributed by atoms with Gasteiger partial charge in [0, 0.05) is 19.6 Å². The molecule has 0 aromatic heterocycles. The number of amides is 2. The van der Waals surface area contributed by atoms with E-state index in [0.717, 1.165) is 0 Å². The Hall–Kier alpha value is -1.30. The first-order valence-corrected chi connectivity index (χ1v) is 4.33. The van der Waals surface area contributed by atoms with E-state index < -0.39 is 17.4 Å². The van der Waals surface area contributed by atoms with Gasteiger partial charge in [-0.15, -0.1) is 0 Å². The summed E-state index contributed by atoms with van der Waals surface area (Å²) < 4.78 is 0. The SMILES string of the molecule is CC(C)(CNCCNC(N)=O)C(=O)O. The molecule has 2 amide bonds. The van der Waals surface area contributed by atoms with Crippen LogP contribution in [-0.2, 0) is 4.79 Å². The van der Waals surface area contributed by atoms with Crippen molar-refractivity contribution in [2.75, 3.05) is 19.6 Å². The van der Waals surface area contributed by atoms with Crippen LogP contribution in [0.4, 0.5) is 4.79 Å². The molecule has 0 atom stereocenters. The molecule has 0 radical (unpaired) electrons. The summed E-state index contributed by atoms with van der Waals surface area (Å²) in [6.45, 7) is 4.50. The first-order chi connectivity index (χ1) is 6.36. The zero-order valence-electron chi connectivity index (χ0n) is 8.46. The van der Waals surface area contributed by atoms with E-state index in [1.165, 1.54) is 0 Å². The van der Waals surface area contributed by atoms with Crippen molar-refractivity contribution in [3.8, 4) is 0 Å². The highest BCUT2D eigenvalue weighted by atomic mass is 16.4. The molecule has 82 valence electrons. The van der Waals surface area contributed by atoms with E-state index in [0.29, 0.717) is 19.6 Å². The molecule has 0 aliphatic rings. The minimum atomic E-state index is -0.854. The number of nitrogens with one attached hydrogen (secondary N) is 2. The highest BCUT2D eigenvalue weighted by molar-refractivity contribution is 5.73. The molecule has 0 unspecified atom stereocenters. The number of carboxylic acid groups (broad SMARTS) is 1. The molecule has 0 aromatic carbocycles. The molecule has 0 aromatic rings. The minimum Gasteiger partial charge on any atom is -0.481 e. The zero-order valence-corrected chi connectivity index (χ0v) is 8.46. The van der Waals surface area contributed by atoms with Gasteiger partial charge in [-0.2, -0.15) is 0 Å². The number of carbonyl (C=O) groups is 2. The second-order valence-corrected chi connectivity index (χ2v) is 3.66. The Morgan fingerprint density at radius 2 is 1.93 bits per heavy atom. The summed E-state index contributed by atoms with van der Waals surface area (Å²) in [6.07, 6.45) is 0. The van der Waals surface area contributed by atoms with Crippen molar-refractivity contribution >= 4 is 12.0 Å². The Kier molecular flexibility index (Phi) is 4.93. The van der Waals surface area contributed by atoms with E-state index in [1.54, 1.807) is 13.8 Å². The summed E-state index contributed by atoms with van der Waals surface area (Å²) in [7, 11) is 0. The van der Waals surface area contributed by atoms with Crippen molar-refractivity contribution < 1.29 is 14.7 Å². The number of nitrogens with two attached hydrogens (primary N) is 1. The third kappa shape index (κ3) is 5.36. The molecule has 6 nitrogen and oxygen atoms in total. The molecule has 0 aliphatic heterocycles. The van der Waals surface area contributed by atoms with Crippen molar-refractivity contribution in [2.24, 2.45) is 11.1 Å². The van der Waals surface area contributed by atoms with E-state index in [1.807, 2.05) is 0 Å². The molecule has 0 fully saturated rings. The molecule has 6 heteroatoms. The second-order valence-electron chi connectivity index (χ2n) is 3.66. The van der Waals surface area contributed by atoms with Crippen molar-refractivity contribution in [2.45, 2.75) is 13.8 Å². The van der Waals surface area contributed by atoms with Crippen LogP contribution in [0.15, 0.2) is 0 Å². The third-order valence-corrected chi connectivity index (χ3v) is 1.75. The van der Waals surface area contributed by atoms with Gasteiger partial charge in [0.25, 0.3) is 0 Å². The zero-order chi connectivity index (χ0) is 11.2. The molecule has 0 bridgehead atoms. The predicted molar refractivity (Wildman–Crippen MR) is 51.9 cm³/mol. The number of urea groups is 1. The maximum atomic E-state index is 10.7. The number of aliphatic carboxylic acids is 1. The lowest BCUT2D eigenvalue weighted by molar-refractivity contribution is -0.146. The van der Waals surface area contributed by atoms with Crippen molar-refractivity contribution in [3.63, 3.8) is 0 Å². The van der Waals surface area contributed by atoms with Gasteiger partial charge in [-0.25, -0.2) is 4.79 Å². The summed E-state index contributed by atoms with van der Waals surface area (Å²) in [5.41, 5.74) is 4.04. The number of hydrogen-bond acceptors (Lipinski definition) is 3. The van der Waals surface area contributed by atoms with Crippen LogP contribution >= 0.6 is 0 Å². The Labute approximate surface area is 82.9 Å². The van der Waals surface area contributed by atoms with Crippen molar-refractivity contribution in [3.05, 3.63) is 0 Å². The quantitative estimate of drug-likeness (QED) is 0.431. The van der Waals surface area contributed by atoms with Crippen molar-refractivity contribution in [1.29, 1.82) is 0 Å². The average Bonchev–Trinajstić information content (AvgIpc) is 2.02. The van der Waals surface area contributed by atoms with Gasteiger partial charge in [-0.05, 0) is 13.8 Å². The van der Waals surface area contributed by atoms with Crippen LogP contribution in [0.25, 0.3) is 0 Å². The monoisotopic (exact) mass is 203 g/mol. The highest BCUT2D eigenvalue weighted by Gasteiger charge is 2.26. The second kappa shape index (κ2) is 5.43. The fourth-order valence-corrected chi connectivity index (χ4v) is 0.751. The van der Waals surface area contributed by atoms with Gasteiger partial charge < -0.3 is 21.5 Å². The molecule has 5 N–H and O–H groups in total. The Morgan fingerprint density at radius 3 is 2.36 bits per heavy atom. The maximum absolute atomic E-state index is 10.7. The first-order valence-electron chi connectivity index (χ1n) is 4.33. The van der Waals surface area contributed by atoms with Gasteiger partial charge >= 0.3 is 12.0 Å². The summed E-state index contributed by atoms with van der Waals surface area (Å²) >= 11 is 0. The van der Waals surface area contributed by atoms with Gasteiger partial charge in [-0.1, -0.05) is 0 Å². The molecular weight excluding hydrogens is 186 g/mol. The van der Waals surface area contributed by atoms with E-state index in [4.69, 9.17) is 10.8 Å². The molecule has 0 spiro atoms. The van der Waals surface area contributed by atoms with Gasteiger partial charge in [0.2, 0.25) is 0 Å². The van der Waals surface area contributed by atoms with Crippen LogP contribution in [0.3, 0.4) is 0 Å². The summed E-state index contributed by atoms with van der Waals surface area (Å²) in [6, 6.07) is -0.579. The molecule has 14 heavy (non-hydrogen) atoms. The lowest BCUT2D eigenvalue weighted by atomic mass is 9.94. The first kappa shape index (κ1) is 12.7. The molecule has 0 heterocycles. The molecular formula is C8H17N3O3. The smallest absolute Gasteiger partial charge is 0.312 e. The Morgan fingerprint density at radius 1 is 1.36 bits per heavy atom. The van der Waals surface area contributed by atoms with E-state index in [2.05, 4.69) is 10.6 Å². The minimum absolute atomic E-state index is 0.350. The van der Waals surface area contributed by atoms with Crippen molar-refractivity contribution in [1.82, 2.24) is 10.6 Å². The number of primary amides is 1. The third-order valence-electron chi connectivity index (χ3n) is 1.75. The van der Waals surface area contributed by atoms with E-state index in [-0.39, 0.29) is 0 Å². The van der Waals surface area contributed by atoms with Crippen LogP contribution < -0.4 is 16.4 Å². The topological polar surface area (TPSA) is 104 Å². The Balaban J connectivity index is 3.54. The van der Waals surface area contributed by atoms with Crippen LogP contribution in [0.1, 0.15) is 13.8 Å². The van der Waals surface area contributed by atoms with Gasteiger partial charge in [0.1, 0.15) is 0 Å². The van der Waals surface area contributed by atoms with Gasteiger partial charge in [0.05, 0.1) is 5.41 Å². The van der Waals surface area contributed by atoms with Crippen LogP contribution in [-0.4, -0.2) is 36.7 Å². The fraction of sp³-hybridized carbons (Fsp3) is 0.750. The molecule has 0 saturated heterocycles. The number of carboxylic acids is 1. The van der Waals surface area contributed by atoms with E-state index >= 15 is 0 Å². The number of carbonyl (C=O) groups excluding carboxylic acids is 1. The van der Waals surface area contributed by atoms with Crippen LogP contribution in [0.5, 0.6) is 0 Å². The van der Waals surface area contributed by atoms with Gasteiger partial charge in [-0.3, -0.25) is 4.79 Å². The van der Waals surface area contributed by atoms with Gasteiger partial charge in [0.15, 0.2) is 0 Å². The maximum Gasteiger partial charge on any atom is 0.312 e. The fourth-order valence-electron chi connectivity index (χ4n) is 0.751. The summed E-state index contributed by atoms with van der Waals surface area (Å²) in [4.78, 5) is 20.9. The standard InChI is InChI=1S/C8H17N3O3/c1-8(2,6(12)13)5-10-3-4-11-7(9)14/h10H,3-5H2,1-2H3,(H,12,13)(H3,9,11,14). The lowest BCUT2D eigenvalue weighted by Crippen LogP contribution is -2.40. The molecule has 0 aliphatic carbocycles.